The van der Waals surface area contributed by atoms with E-state index in [-0.39, 0.29) is 0 Å². The molecule has 0 atom stereocenters. The van der Waals surface area contributed by atoms with Crippen molar-refractivity contribution in [1.82, 2.24) is 9.97 Å². The van der Waals surface area contributed by atoms with Gasteiger partial charge in [0.2, 0.25) is 0 Å². The number of hydrogen-bond donors (Lipinski definition) is 1. The van der Waals surface area contributed by atoms with Gasteiger partial charge in [0.25, 0.3) is 0 Å². The summed E-state index contributed by atoms with van der Waals surface area (Å²) in [6.45, 7) is 3.35. The van der Waals surface area contributed by atoms with Crippen LogP contribution in [0.2, 0.25) is 0 Å². The summed E-state index contributed by atoms with van der Waals surface area (Å²) in [7, 11) is 1.87. The van der Waals surface area contributed by atoms with Crippen LogP contribution in [0.15, 0.2) is 6.07 Å². The van der Waals surface area contributed by atoms with E-state index >= 15 is 0 Å². The lowest BCUT2D eigenvalue weighted by Crippen LogP contribution is -2.08. The highest BCUT2D eigenvalue weighted by molar-refractivity contribution is 5.34. The Morgan fingerprint density at radius 3 is 2.82 bits per heavy atom. The molecular formula is C13H21N3O. The van der Waals surface area contributed by atoms with Gasteiger partial charge in [-0.15, -0.1) is 0 Å². The molecule has 0 radical (unpaired) electrons. The van der Waals surface area contributed by atoms with Crippen LogP contribution in [0.4, 0.5) is 5.82 Å². The maximum Gasteiger partial charge on any atom is 0.156 e. The molecule has 0 spiro atoms. The number of aromatic nitrogens is 2. The van der Waals surface area contributed by atoms with Crippen molar-refractivity contribution in [3.05, 3.63) is 17.6 Å². The van der Waals surface area contributed by atoms with Crippen LogP contribution in [0.25, 0.3) is 0 Å². The molecule has 1 aliphatic carbocycles. The molecule has 0 bridgehead atoms. The molecule has 1 N–H and O–H groups in total. The molecular weight excluding hydrogens is 214 g/mol. The van der Waals surface area contributed by atoms with E-state index in [9.17, 15) is 0 Å². The zero-order chi connectivity index (χ0) is 12.1. The van der Waals surface area contributed by atoms with Gasteiger partial charge in [-0.3, -0.25) is 0 Å². The van der Waals surface area contributed by atoms with Crippen LogP contribution in [-0.4, -0.2) is 23.6 Å². The predicted molar refractivity (Wildman–Crippen MR) is 67.9 cm³/mol. The van der Waals surface area contributed by atoms with E-state index in [0.717, 1.165) is 29.9 Å². The van der Waals surface area contributed by atoms with E-state index < -0.39 is 0 Å². The Morgan fingerprint density at radius 1 is 1.35 bits per heavy atom. The van der Waals surface area contributed by atoms with Crippen LogP contribution in [0.1, 0.15) is 37.2 Å². The summed E-state index contributed by atoms with van der Waals surface area (Å²) in [6.07, 6.45) is 5.35. The second-order valence-electron chi connectivity index (χ2n) is 4.73. The minimum atomic E-state index is 0.521. The van der Waals surface area contributed by atoms with Crippen molar-refractivity contribution in [2.45, 2.75) is 39.2 Å². The molecule has 0 saturated heterocycles. The smallest absolute Gasteiger partial charge is 0.156 e. The van der Waals surface area contributed by atoms with Crippen molar-refractivity contribution in [2.24, 2.45) is 5.92 Å². The molecule has 2 rings (SSSR count). The van der Waals surface area contributed by atoms with E-state index in [4.69, 9.17) is 4.74 Å². The van der Waals surface area contributed by atoms with Crippen molar-refractivity contribution in [3.63, 3.8) is 0 Å². The van der Waals surface area contributed by atoms with Gasteiger partial charge in [-0.05, 0) is 25.7 Å². The van der Waals surface area contributed by atoms with Gasteiger partial charge in [0, 0.05) is 25.4 Å². The number of rotatable bonds is 5. The number of nitrogens with zero attached hydrogens (tertiary/aromatic N) is 2. The number of ether oxygens (including phenoxy) is 1. The Bertz CT molecular complexity index is 362. The van der Waals surface area contributed by atoms with E-state index in [0.29, 0.717) is 6.61 Å². The van der Waals surface area contributed by atoms with E-state index in [1.165, 1.54) is 25.7 Å². The van der Waals surface area contributed by atoms with Crippen LogP contribution in [-0.2, 0) is 11.3 Å². The van der Waals surface area contributed by atoms with Crippen LogP contribution < -0.4 is 5.32 Å². The maximum absolute atomic E-state index is 5.71. The molecule has 0 amide bonds. The fourth-order valence-corrected chi connectivity index (χ4v) is 2.32. The zero-order valence-electron chi connectivity index (χ0n) is 10.7. The molecule has 17 heavy (non-hydrogen) atoms. The SMILES string of the molecule is CNc1cc(C)nc(COCC2CCCC2)n1. The Balaban J connectivity index is 1.83. The molecule has 1 saturated carbocycles. The first-order valence-corrected chi connectivity index (χ1v) is 6.38. The van der Waals surface area contributed by atoms with Gasteiger partial charge in [-0.1, -0.05) is 12.8 Å². The Kier molecular flexibility index (Phi) is 4.31. The third kappa shape index (κ3) is 3.66. The number of hydrogen-bond acceptors (Lipinski definition) is 4. The van der Waals surface area contributed by atoms with Crippen LogP contribution in [0.5, 0.6) is 0 Å². The topological polar surface area (TPSA) is 47.0 Å². The molecule has 1 heterocycles. The van der Waals surface area contributed by atoms with Gasteiger partial charge in [-0.2, -0.15) is 0 Å². The summed E-state index contributed by atoms with van der Waals surface area (Å²) in [4.78, 5) is 8.74. The summed E-state index contributed by atoms with van der Waals surface area (Å²) < 4.78 is 5.71. The third-order valence-electron chi connectivity index (χ3n) is 3.22. The van der Waals surface area contributed by atoms with E-state index in [1.54, 1.807) is 0 Å². The van der Waals surface area contributed by atoms with Gasteiger partial charge in [0.15, 0.2) is 5.82 Å². The Labute approximate surface area is 103 Å². The van der Waals surface area contributed by atoms with E-state index in [2.05, 4.69) is 15.3 Å². The van der Waals surface area contributed by atoms with Gasteiger partial charge in [-0.25, -0.2) is 9.97 Å². The highest BCUT2D eigenvalue weighted by Crippen LogP contribution is 2.24. The second kappa shape index (κ2) is 5.96. The first kappa shape index (κ1) is 12.3. The predicted octanol–water partition coefficient (Wildman–Crippen LogP) is 2.53. The molecule has 0 aromatic carbocycles. The Morgan fingerprint density at radius 2 is 2.12 bits per heavy atom. The highest BCUT2D eigenvalue weighted by Gasteiger charge is 2.15. The average Bonchev–Trinajstić information content (AvgIpc) is 2.81. The normalized spacial score (nSPS) is 16.4. The number of anilines is 1. The molecule has 0 aliphatic heterocycles. The van der Waals surface area contributed by atoms with Crippen LogP contribution in [0.3, 0.4) is 0 Å². The maximum atomic E-state index is 5.71. The molecule has 1 aliphatic rings. The molecule has 1 fully saturated rings. The fourth-order valence-electron chi connectivity index (χ4n) is 2.32. The molecule has 0 unspecified atom stereocenters. The molecule has 94 valence electrons. The minimum Gasteiger partial charge on any atom is -0.373 e. The van der Waals surface area contributed by atoms with E-state index in [1.807, 2.05) is 20.0 Å². The molecule has 1 aromatic rings. The van der Waals surface area contributed by atoms with Crippen molar-refractivity contribution in [2.75, 3.05) is 19.0 Å². The van der Waals surface area contributed by atoms with Crippen molar-refractivity contribution in [1.29, 1.82) is 0 Å². The standard InChI is InChI=1S/C13H21N3O/c1-10-7-12(14-2)16-13(15-10)9-17-8-11-5-3-4-6-11/h7,11H,3-6,8-9H2,1-2H3,(H,14,15,16). The van der Waals surface area contributed by atoms with Gasteiger partial charge < -0.3 is 10.1 Å². The first-order chi connectivity index (χ1) is 8.28. The average molecular weight is 235 g/mol. The largest absolute Gasteiger partial charge is 0.373 e. The lowest BCUT2D eigenvalue weighted by atomic mass is 10.1. The third-order valence-corrected chi connectivity index (χ3v) is 3.22. The van der Waals surface area contributed by atoms with Gasteiger partial charge >= 0.3 is 0 Å². The number of nitrogens with one attached hydrogen (secondary N) is 1. The quantitative estimate of drug-likeness (QED) is 0.852. The number of aryl methyl sites for hydroxylation is 1. The summed E-state index contributed by atoms with van der Waals surface area (Å²) in [5.74, 6) is 2.38. The molecule has 1 aromatic heterocycles. The lowest BCUT2D eigenvalue weighted by molar-refractivity contribution is 0.0843. The summed E-state index contributed by atoms with van der Waals surface area (Å²) >= 11 is 0. The zero-order valence-corrected chi connectivity index (χ0v) is 10.7. The molecule has 4 nitrogen and oxygen atoms in total. The van der Waals surface area contributed by atoms with Gasteiger partial charge in [0.1, 0.15) is 12.4 Å². The second-order valence-corrected chi connectivity index (χ2v) is 4.73. The van der Waals surface area contributed by atoms with Crippen LogP contribution >= 0.6 is 0 Å². The summed E-state index contributed by atoms with van der Waals surface area (Å²) in [5.41, 5.74) is 0.976. The van der Waals surface area contributed by atoms with Gasteiger partial charge in [0.05, 0.1) is 0 Å². The van der Waals surface area contributed by atoms with Crippen molar-refractivity contribution in [3.8, 4) is 0 Å². The monoisotopic (exact) mass is 235 g/mol. The summed E-state index contributed by atoms with van der Waals surface area (Å²) in [6, 6.07) is 1.93. The van der Waals surface area contributed by atoms with Crippen molar-refractivity contribution < 1.29 is 4.74 Å². The fraction of sp³-hybridized carbons (Fsp3) is 0.692. The lowest BCUT2D eigenvalue weighted by Gasteiger charge is -2.10. The minimum absolute atomic E-state index is 0.521. The highest BCUT2D eigenvalue weighted by atomic mass is 16.5. The first-order valence-electron chi connectivity index (χ1n) is 6.38. The summed E-state index contributed by atoms with van der Waals surface area (Å²) in [5, 5.41) is 3.03. The Hall–Kier alpha value is -1.16. The molecule has 4 heteroatoms. The van der Waals surface area contributed by atoms with Crippen molar-refractivity contribution >= 4 is 5.82 Å². The van der Waals surface area contributed by atoms with Crippen LogP contribution in [0, 0.1) is 12.8 Å².